The van der Waals surface area contributed by atoms with Gasteiger partial charge in [0.1, 0.15) is 0 Å². The zero-order valence-electron chi connectivity index (χ0n) is 16.9. The molecule has 6 nitrogen and oxygen atoms in total. The molecule has 0 N–H and O–H groups in total. The molecule has 0 saturated carbocycles. The smallest absolute Gasteiger partial charge is 0.340 e. The fraction of sp³-hybridized carbons (Fsp3) is 0.381. The van der Waals surface area contributed by atoms with Gasteiger partial charge in [-0.1, -0.05) is 17.3 Å². The Morgan fingerprint density at radius 3 is 2.61 bits per heavy atom. The molecule has 1 aliphatic rings. The number of alkyl halides is 3. The van der Waals surface area contributed by atoms with E-state index in [4.69, 9.17) is 4.52 Å². The zero-order valence-corrected chi connectivity index (χ0v) is 17.7. The molecule has 0 atom stereocenters. The summed E-state index contributed by atoms with van der Waals surface area (Å²) in [5.74, 6) is 0.577. The normalized spacial score (nSPS) is 15.4. The Balaban J connectivity index is 1.31. The van der Waals surface area contributed by atoms with Gasteiger partial charge in [-0.3, -0.25) is 9.69 Å². The molecule has 0 bridgehead atoms. The highest BCUT2D eigenvalue weighted by Crippen LogP contribution is 2.31. The summed E-state index contributed by atoms with van der Waals surface area (Å²) in [6, 6.07) is 8.86. The number of hydrogen-bond donors (Lipinski definition) is 0. The minimum atomic E-state index is -4.43. The Morgan fingerprint density at radius 2 is 1.94 bits per heavy atom. The Hall–Kier alpha value is -2.72. The predicted octanol–water partition coefficient (Wildman–Crippen LogP) is 4.01. The fourth-order valence-corrected chi connectivity index (χ4v) is 4.34. The molecular formula is C21H21F3N4O2S. The number of piperazine rings is 1. The van der Waals surface area contributed by atoms with Crippen molar-refractivity contribution in [3.63, 3.8) is 0 Å². The Bertz CT molecular complexity index is 1050. The van der Waals surface area contributed by atoms with E-state index in [1.165, 1.54) is 17.0 Å². The van der Waals surface area contributed by atoms with E-state index in [0.29, 0.717) is 45.0 Å². The van der Waals surface area contributed by atoms with Gasteiger partial charge in [0.15, 0.2) is 0 Å². The third-order valence-corrected chi connectivity index (χ3v) is 6.12. The first kappa shape index (κ1) is 21.5. The van der Waals surface area contributed by atoms with E-state index in [1.54, 1.807) is 11.3 Å². The van der Waals surface area contributed by atoms with Gasteiger partial charge >= 0.3 is 6.18 Å². The number of aromatic nitrogens is 2. The van der Waals surface area contributed by atoms with E-state index in [9.17, 15) is 18.0 Å². The molecule has 0 radical (unpaired) electrons. The summed E-state index contributed by atoms with van der Waals surface area (Å²) in [6.45, 7) is 4.95. The lowest BCUT2D eigenvalue weighted by Gasteiger charge is -2.33. The molecule has 10 heteroatoms. The number of benzene rings is 1. The maximum absolute atomic E-state index is 12.9. The van der Waals surface area contributed by atoms with Crippen LogP contribution in [0.5, 0.6) is 0 Å². The monoisotopic (exact) mass is 450 g/mol. The second-order valence-corrected chi connectivity index (χ2v) is 8.81. The van der Waals surface area contributed by atoms with Crippen molar-refractivity contribution in [1.82, 2.24) is 19.9 Å². The van der Waals surface area contributed by atoms with Crippen LogP contribution in [-0.2, 0) is 23.9 Å². The molecule has 2 aromatic heterocycles. The van der Waals surface area contributed by atoms with Crippen LogP contribution in [0.15, 0.2) is 40.9 Å². The van der Waals surface area contributed by atoms with Crippen molar-refractivity contribution >= 4 is 17.2 Å². The van der Waals surface area contributed by atoms with Crippen molar-refractivity contribution in [2.45, 2.75) is 26.1 Å². The van der Waals surface area contributed by atoms with Crippen LogP contribution in [0, 0.1) is 6.92 Å². The molecule has 0 unspecified atom stereocenters. The summed E-state index contributed by atoms with van der Waals surface area (Å²) >= 11 is 1.64. The van der Waals surface area contributed by atoms with Gasteiger partial charge in [0.25, 0.3) is 0 Å². The van der Waals surface area contributed by atoms with Crippen molar-refractivity contribution in [2.75, 3.05) is 26.2 Å². The molecule has 3 aromatic rings. The lowest BCUT2D eigenvalue weighted by Crippen LogP contribution is -2.48. The Morgan fingerprint density at radius 1 is 1.16 bits per heavy atom. The lowest BCUT2D eigenvalue weighted by atomic mass is 10.1. The van der Waals surface area contributed by atoms with Crippen molar-refractivity contribution in [3.05, 3.63) is 57.6 Å². The average molecular weight is 450 g/mol. The van der Waals surface area contributed by atoms with Crippen molar-refractivity contribution < 1.29 is 22.5 Å². The summed E-state index contributed by atoms with van der Waals surface area (Å²) in [6.07, 6.45) is -4.01. The van der Waals surface area contributed by atoms with E-state index >= 15 is 0 Å². The van der Waals surface area contributed by atoms with E-state index in [-0.39, 0.29) is 17.3 Å². The third kappa shape index (κ3) is 5.31. The number of nitrogens with zero attached hydrogens (tertiary/aromatic N) is 4. The van der Waals surface area contributed by atoms with Crippen LogP contribution in [0.4, 0.5) is 13.2 Å². The molecule has 31 heavy (non-hydrogen) atoms. The minimum absolute atomic E-state index is 0.117. The SMILES string of the molecule is Cc1ccc(CC(=O)N2CCN(Cc3nc(-c4cccc(C(F)(F)F)c4)no3)CC2)s1. The molecule has 1 aromatic carbocycles. The number of aryl methyl sites for hydroxylation is 1. The van der Waals surface area contributed by atoms with Crippen molar-refractivity contribution in [3.8, 4) is 11.4 Å². The van der Waals surface area contributed by atoms with E-state index in [2.05, 4.69) is 15.0 Å². The van der Waals surface area contributed by atoms with Gasteiger partial charge in [0.05, 0.1) is 18.5 Å². The summed E-state index contributed by atoms with van der Waals surface area (Å²) in [4.78, 5) is 22.9. The van der Waals surface area contributed by atoms with E-state index in [1.807, 2.05) is 24.0 Å². The minimum Gasteiger partial charge on any atom is -0.340 e. The highest BCUT2D eigenvalue weighted by atomic mass is 32.1. The topological polar surface area (TPSA) is 62.5 Å². The van der Waals surface area contributed by atoms with Crippen LogP contribution in [0.3, 0.4) is 0 Å². The molecule has 1 fully saturated rings. The van der Waals surface area contributed by atoms with Crippen LogP contribution in [-0.4, -0.2) is 52.0 Å². The number of thiophene rings is 1. The largest absolute Gasteiger partial charge is 0.416 e. The molecule has 1 saturated heterocycles. The number of carbonyl (C=O) groups excluding carboxylic acids is 1. The van der Waals surface area contributed by atoms with Gasteiger partial charge in [-0.05, 0) is 31.2 Å². The summed E-state index contributed by atoms with van der Waals surface area (Å²) in [5, 5.41) is 3.82. The second kappa shape index (κ2) is 8.80. The number of hydrogen-bond acceptors (Lipinski definition) is 6. The zero-order chi connectivity index (χ0) is 22.0. The van der Waals surface area contributed by atoms with E-state index < -0.39 is 11.7 Å². The van der Waals surface area contributed by atoms with Gasteiger partial charge in [-0.2, -0.15) is 18.2 Å². The van der Waals surface area contributed by atoms with Gasteiger partial charge in [-0.25, -0.2) is 0 Å². The van der Waals surface area contributed by atoms with Crippen LogP contribution in [0.25, 0.3) is 11.4 Å². The standard InChI is InChI=1S/C21H21F3N4O2S/c1-14-5-6-17(31-14)12-19(29)28-9-7-27(8-10-28)13-18-25-20(26-30-18)15-3-2-4-16(11-15)21(22,23)24/h2-6,11H,7-10,12-13H2,1H3. The molecule has 4 rings (SSSR count). The van der Waals surface area contributed by atoms with Gasteiger partial charge < -0.3 is 9.42 Å². The quantitative estimate of drug-likeness (QED) is 0.588. The highest BCUT2D eigenvalue weighted by Gasteiger charge is 2.31. The number of amides is 1. The molecular weight excluding hydrogens is 429 g/mol. The summed E-state index contributed by atoms with van der Waals surface area (Å²) < 4.78 is 44.0. The van der Waals surface area contributed by atoms with Gasteiger partial charge in [0.2, 0.25) is 17.6 Å². The number of rotatable bonds is 5. The van der Waals surface area contributed by atoms with E-state index in [0.717, 1.165) is 17.0 Å². The molecule has 164 valence electrons. The van der Waals surface area contributed by atoms with Crippen LogP contribution in [0.1, 0.15) is 21.2 Å². The van der Waals surface area contributed by atoms with Crippen molar-refractivity contribution in [1.29, 1.82) is 0 Å². The van der Waals surface area contributed by atoms with Crippen LogP contribution in [0.2, 0.25) is 0 Å². The molecule has 3 heterocycles. The second-order valence-electron chi connectivity index (χ2n) is 7.44. The first-order valence-corrected chi connectivity index (χ1v) is 10.7. The molecule has 0 aliphatic carbocycles. The Kier molecular flexibility index (Phi) is 6.10. The maximum Gasteiger partial charge on any atom is 0.416 e. The first-order chi connectivity index (χ1) is 14.8. The van der Waals surface area contributed by atoms with Gasteiger partial charge in [0, 0.05) is 41.5 Å². The summed E-state index contributed by atoms with van der Waals surface area (Å²) in [5.41, 5.74) is -0.501. The van der Waals surface area contributed by atoms with Crippen LogP contribution >= 0.6 is 11.3 Å². The summed E-state index contributed by atoms with van der Waals surface area (Å²) in [7, 11) is 0. The third-order valence-electron chi connectivity index (χ3n) is 5.12. The van der Waals surface area contributed by atoms with Crippen molar-refractivity contribution in [2.24, 2.45) is 0 Å². The average Bonchev–Trinajstić information content (AvgIpc) is 3.37. The number of carbonyl (C=O) groups is 1. The maximum atomic E-state index is 12.9. The number of halogens is 3. The molecule has 1 aliphatic heterocycles. The van der Waals surface area contributed by atoms with Crippen LogP contribution < -0.4 is 0 Å². The fourth-order valence-electron chi connectivity index (χ4n) is 3.46. The lowest BCUT2D eigenvalue weighted by molar-refractivity contribution is -0.137. The first-order valence-electron chi connectivity index (χ1n) is 9.83. The highest BCUT2D eigenvalue weighted by molar-refractivity contribution is 7.12. The molecule has 0 spiro atoms. The predicted molar refractivity (Wildman–Crippen MR) is 109 cm³/mol. The Labute approximate surface area is 181 Å². The van der Waals surface area contributed by atoms with Gasteiger partial charge in [-0.15, -0.1) is 11.3 Å². The molecule has 1 amide bonds.